The highest BCUT2D eigenvalue weighted by Gasteiger charge is 2.48. The van der Waals surface area contributed by atoms with E-state index in [1.54, 1.807) is 19.2 Å². The largest absolute Gasteiger partial charge is 0.493 e. The Labute approximate surface area is 246 Å². The van der Waals surface area contributed by atoms with Gasteiger partial charge in [0.15, 0.2) is 11.5 Å². The predicted molar refractivity (Wildman–Crippen MR) is 155 cm³/mol. The summed E-state index contributed by atoms with van der Waals surface area (Å²) in [6.45, 7) is 5.46. The second-order valence-electron chi connectivity index (χ2n) is 11.1. The van der Waals surface area contributed by atoms with Crippen LogP contribution in [0, 0.1) is 5.41 Å². The third-order valence-corrected chi connectivity index (χ3v) is 7.82. The highest BCUT2D eigenvalue weighted by atomic mass is 19.4. The molecule has 0 bridgehead atoms. The molecule has 0 radical (unpaired) electrons. The van der Waals surface area contributed by atoms with E-state index in [4.69, 9.17) is 14.2 Å². The van der Waals surface area contributed by atoms with Gasteiger partial charge in [-0.05, 0) is 42.3 Å². The molecule has 43 heavy (non-hydrogen) atoms. The van der Waals surface area contributed by atoms with Crippen LogP contribution in [0.4, 0.5) is 18.9 Å². The Hall–Kier alpha value is -4.22. The van der Waals surface area contributed by atoms with Crippen molar-refractivity contribution in [3.8, 4) is 22.8 Å². The summed E-state index contributed by atoms with van der Waals surface area (Å²) in [6, 6.07) is 15.5. The fourth-order valence-electron chi connectivity index (χ4n) is 5.58. The summed E-state index contributed by atoms with van der Waals surface area (Å²) in [7, 11) is 1.60. The van der Waals surface area contributed by atoms with E-state index < -0.39 is 11.7 Å². The first-order valence-corrected chi connectivity index (χ1v) is 14.0. The summed E-state index contributed by atoms with van der Waals surface area (Å²) in [5, 5.41) is 3.59. The van der Waals surface area contributed by atoms with Crippen LogP contribution < -0.4 is 14.8 Å². The van der Waals surface area contributed by atoms with Crippen LogP contribution in [0.5, 0.6) is 11.5 Å². The molecule has 0 atom stereocenters. The summed E-state index contributed by atoms with van der Waals surface area (Å²) in [6.07, 6.45) is -2.08. The molecule has 11 heteroatoms. The number of aromatic nitrogens is 2. The zero-order chi connectivity index (χ0) is 30.0. The Morgan fingerprint density at radius 2 is 1.77 bits per heavy atom. The molecule has 1 aromatic heterocycles. The average molecular weight is 593 g/mol. The van der Waals surface area contributed by atoms with Gasteiger partial charge >= 0.3 is 6.18 Å². The van der Waals surface area contributed by atoms with Crippen molar-refractivity contribution in [2.75, 3.05) is 51.9 Å². The van der Waals surface area contributed by atoms with Crippen LogP contribution >= 0.6 is 0 Å². The molecule has 2 aliphatic rings. The molecule has 2 saturated heterocycles. The lowest BCUT2D eigenvalue weighted by molar-refractivity contribution is -0.189. The van der Waals surface area contributed by atoms with E-state index in [0.717, 1.165) is 62.4 Å². The number of carbonyl (C=O) groups is 1. The van der Waals surface area contributed by atoms with Crippen molar-refractivity contribution in [2.45, 2.75) is 19.0 Å². The molecular formula is C32H31F3N4O4. The molecular weight excluding hydrogens is 561 g/mol. The molecule has 4 aromatic rings. The van der Waals surface area contributed by atoms with E-state index in [2.05, 4.69) is 20.2 Å². The second kappa shape index (κ2) is 11.8. The number of alkyl halides is 3. The van der Waals surface area contributed by atoms with Crippen LogP contribution in [0.2, 0.25) is 0 Å². The van der Waals surface area contributed by atoms with Gasteiger partial charge < -0.3 is 24.4 Å². The standard InChI is InChI=1S/C32H31F3N4O4/c1-41-27-15-26-25(14-28(27)43-12-2-11-39-16-31(17-39)18-42-19-31)30(37-20-36-26)22-5-9-24(10-6-22)38-29(40)13-21-3-7-23(8-4-21)32(33,34)35/h3-10,14-15,20H,2,11-13,16-19H2,1H3,(H,38,40). The van der Waals surface area contributed by atoms with Crippen LogP contribution in [0.3, 0.4) is 0 Å². The van der Waals surface area contributed by atoms with E-state index in [1.165, 1.54) is 18.5 Å². The van der Waals surface area contributed by atoms with Crippen molar-refractivity contribution in [3.05, 3.63) is 78.1 Å². The van der Waals surface area contributed by atoms with Gasteiger partial charge in [-0.25, -0.2) is 9.97 Å². The normalized spacial score (nSPS) is 16.0. The van der Waals surface area contributed by atoms with Gasteiger partial charge in [-0.1, -0.05) is 24.3 Å². The first kappa shape index (κ1) is 28.9. The predicted octanol–water partition coefficient (Wildman–Crippen LogP) is 5.61. The van der Waals surface area contributed by atoms with Crippen molar-refractivity contribution in [1.29, 1.82) is 0 Å². The number of carbonyl (C=O) groups excluding carboxylic acids is 1. The van der Waals surface area contributed by atoms with Gasteiger partial charge in [0.05, 0.1) is 50.1 Å². The van der Waals surface area contributed by atoms with Gasteiger partial charge in [-0.2, -0.15) is 13.2 Å². The number of amides is 1. The summed E-state index contributed by atoms with van der Waals surface area (Å²) in [4.78, 5) is 23.9. The average Bonchev–Trinajstić information content (AvgIpc) is 2.94. The van der Waals surface area contributed by atoms with Crippen LogP contribution in [0.15, 0.2) is 67.0 Å². The third kappa shape index (κ3) is 6.42. The molecule has 2 aliphatic heterocycles. The van der Waals surface area contributed by atoms with Crippen molar-refractivity contribution in [2.24, 2.45) is 5.41 Å². The number of halogens is 3. The fourth-order valence-corrected chi connectivity index (χ4v) is 5.58. The molecule has 224 valence electrons. The van der Waals surface area contributed by atoms with Crippen LogP contribution in [-0.4, -0.2) is 67.3 Å². The van der Waals surface area contributed by atoms with Gasteiger partial charge in [-0.15, -0.1) is 0 Å². The molecule has 1 amide bonds. The number of fused-ring (bicyclic) bond motifs is 1. The molecule has 3 aromatic carbocycles. The maximum Gasteiger partial charge on any atom is 0.416 e. The quantitative estimate of drug-likeness (QED) is 0.240. The zero-order valence-corrected chi connectivity index (χ0v) is 23.6. The molecule has 1 spiro atoms. The topological polar surface area (TPSA) is 85.8 Å². The molecule has 6 rings (SSSR count). The van der Waals surface area contributed by atoms with Crippen molar-refractivity contribution in [1.82, 2.24) is 14.9 Å². The first-order chi connectivity index (χ1) is 20.7. The summed E-state index contributed by atoms with van der Waals surface area (Å²) >= 11 is 0. The van der Waals surface area contributed by atoms with Crippen LogP contribution in [0.25, 0.3) is 22.2 Å². The fraction of sp³-hybridized carbons (Fsp3) is 0.344. The lowest BCUT2D eigenvalue weighted by atomic mass is 9.78. The highest BCUT2D eigenvalue weighted by molar-refractivity contribution is 5.95. The van der Waals surface area contributed by atoms with Gasteiger partial charge in [0.2, 0.25) is 5.91 Å². The van der Waals surface area contributed by atoms with Gasteiger partial charge in [0.1, 0.15) is 6.33 Å². The van der Waals surface area contributed by atoms with E-state index in [-0.39, 0.29) is 12.3 Å². The number of ether oxygens (including phenoxy) is 3. The Bertz CT molecular complexity index is 1600. The number of methoxy groups -OCH3 is 1. The number of hydrogen-bond donors (Lipinski definition) is 1. The van der Waals surface area contributed by atoms with Crippen molar-refractivity contribution < 1.29 is 32.2 Å². The Kier molecular flexibility index (Phi) is 7.93. The number of likely N-dealkylation sites (tertiary alicyclic amines) is 1. The van der Waals surface area contributed by atoms with Crippen molar-refractivity contribution >= 4 is 22.5 Å². The minimum atomic E-state index is -4.41. The number of nitrogens with one attached hydrogen (secondary N) is 1. The van der Waals surface area contributed by atoms with E-state index in [0.29, 0.717) is 46.0 Å². The lowest BCUT2D eigenvalue weighted by Gasteiger charge is -2.55. The van der Waals surface area contributed by atoms with Gasteiger partial charge in [0, 0.05) is 47.8 Å². The Morgan fingerprint density at radius 1 is 1.02 bits per heavy atom. The molecule has 1 N–H and O–H groups in total. The first-order valence-electron chi connectivity index (χ1n) is 14.0. The maximum absolute atomic E-state index is 12.8. The third-order valence-electron chi connectivity index (χ3n) is 7.82. The van der Waals surface area contributed by atoms with Gasteiger partial charge in [0.25, 0.3) is 0 Å². The molecule has 0 saturated carbocycles. The molecule has 0 aliphatic carbocycles. The highest BCUT2D eigenvalue weighted by Crippen LogP contribution is 2.38. The monoisotopic (exact) mass is 592 g/mol. The van der Waals surface area contributed by atoms with E-state index in [9.17, 15) is 18.0 Å². The van der Waals surface area contributed by atoms with E-state index >= 15 is 0 Å². The number of anilines is 1. The lowest BCUT2D eigenvalue weighted by Crippen LogP contribution is -2.65. The van der Waals surface area contributed by atoms with Crippen LogP contribution in [0.1, 0.15) is 17.5 Å². The van der Waals surface area contributed by atoms with Crippen LogP contribution in [-0.2, 0) is 22.1 Å². The smallest absolute Gasteiger partial charge is 0.416 e. The molecule has 8 nitrogen and oxygen atoms in total. The number of benzene rings is 3. The maximum atomic E-state index is 12.8. The van der Waals surface area contributed by atoms with E-state index in [1.807, 2.05) is 24.3 Å². The van der Waals surface area contributed by atoms with Crippen molar-refractivity contribution in [3.63, 3.8) is 0 Å². The minimum Gasteiger partial charge on any atom is -0.493 e. The summed E-state index contributed by atoms with van der Waals surface area (Å²) in [5.74, 6) is 0.878. The zero-order valence-electron chi connectivity index (χ0n) is 23.6. The van der Waals surface area contributed by atoms with Gasteiger partial charge in [-0.3, -0.25) is 4.79 Å². The molecule has 3 heterocycles. The molecule has 2 fully saturated rings. The minimum absolute atomic E-state index is 0.0468. The Balaban J connectivity index is 1.10. The number of nitrogens with zero attached hydrogens (tertiary/aromatic N) is 3. The number of rotatable bonds is 10. The Morgan fingerprint density at radius 3 is 2.42 bits per heavy atom. The second-order valence-corrected chi connectivity index (χ2v) is 11.1. The summed E-state index contributed by atoms with van der Waals surface area (Å²) < 4.78 is 55.4. The summed E-state index contributed by atoms with van der Waals surface area (Å²) in [5.41, 5.74) is 2.92. The molecule has 0 unspecified atom stereocenters. The SMILES string of the molecule is COc1cc2ncnc(-c3ccc(NC(=O)Cc4ccc(C(F)(F)F)cc4)cc3)c2cc1OCCCN1CC2(COC2)C1. The number of hydrogen-bond acceptors (Lipinski definition) is 7.